The van der Waals surface area contributed by atoms with Crippen LogP contribution < -0.4 is 5.73 Å². The molecular weight excluding hydrogens is 156 g/mol. The molecule has 0 atom stereocenters. The van der Waals surface area contributed by atoms with Gasteiger partial charge in [-0.2, -0.15) is 0 Å². The number of nitrogen functional groups attached to an aromatic ring is 1. The summed E-state index contributed by atoms with van der Waals surface area (Å²) in [4.78, 5) is 8.36. The molecule has 0 aliphatic heterocycles. The molecule has 0 aliphatic rings. The van der Waals surface area contributed by atoms with Crippen LogP contribution in [0.1, 0.15) is 0 Å². The molecule has 3 N–H and O–H groups in total. The van der Waals surface area contributed by atoms with Gasteiger partial charge < -0.3 is 10.9 Å². The number of thiophene rings is 1. The van der Waals surface area contributed by atoms with E-state index in [4.69, 9.17) is 21.1 Å². The highest BCUT2D eigenvalue weighted by Gasteiger charge is 1.75. The van der Waals surface area contributed by atoms with E-state index in [2.05, 4.69) is 0 Å². The van der Waals surface area contributed by atoms with Crippen LogP contribution in [0.5, 0.6) is 0 Å². The van der Waals surface area contributed by atoms with Crippen molar-refractivity contribution in [3.8, 4) is 0 Å². The molecule has 1 aromatic rings. The summed E-state index contributed by atoms with van der Waals surface area (Å²) in [5.74, 6) is 0. The third-order valence-electron chi connectivity index (χ3n) is 0.543. The van der Waals surface area contributed by atoms with Crippen LogP contribution in [0.2, 0.25) is 0 Å². The van der Waals surface area contributed by atoms with Gasteiger partial charge in [0.1, 0.15) is 0 Å². The van der Waals surface area contributed by atoms with Gasteiger partial charge in [-0.1, -0.05) is 0 Å². The van der Waals surface area contributed by atoms with E-state index in [9.17, 15) is 0 Å². The third kappa shape index (κ3) is 6.70. The van der Waals surface area contributed by atoms with Crippen LogP contribution in [-0.2, 0) is 0 Å². The van der Waals surface area contributed by atoms with Gasteiger partial charge >= 0.3 is 0 Å². The minimum Gasteiger partial charge on any atom is -0.391 e. The van der Waals surface area contributed by atoms with Crippen molar-refractivity contribution in [3.63, 3.8) is 0 Å². The first-order valence-electron chi connectivity index (χ1n) is 2.25. The Hall–Kier alpha value is -1.30. The fourth-order valence-corrected chi connectivity index (χ4v) is 0.763. The highest BCUT2D eigenvalue weighted by molar-refractivity contribution is 7.13. The van der Waals surface area contributed by atoms with Gasteiger partial charge in [-0.05, 0) is 17.5 Å². The maximum Gasteiger partial charge on any atom is 0.291 e. The molecule has 6 heteroatoms. The number of hydrogen-bond donors (Lipinski definition) is 2. The lowest BCUT2D eigenvalue weighted by Gasteiger charge is -1.68. The van der Waals surface area contributed by atoms with E-state index in [0.29, 0.717) is 0 Å². The maximum atomic E-state index is 8.36. The quantitative estimate of drug-likeness (QED) is 0.439. The molecule has 0 amide bonds. The molecule has 0 unspecified atom stereocenters. The molecular formula is C4H6N2O3S. The lowest BCUT2D eigenvalue weighted by Crippen LogP contribution is -1.81. The van der Waals surface area contributed by atoms with E-state index >= 15 is 0 Å². The zero-order chi connectivity index (χ0) is 7.98. The minimum absolute atomic E-state index is 0.884. The number of anilines is 1. The number of nitrogens with zero attached hydrogens (tertiary/aromatic N) is 1. The first-order chi connectivity index (χ1) is 4.63. The van der Waals surface area contributed by atoms with E-state index in [0.717, 1.165) is 5.00 Å². The van der Waals surface area contributed by atoms with Crippen LogP contribution >= 0.6 is 11.3 Å². The SMILES string of the molecule is Nc1cccs1.O=[N+]([O-])O. The Labute approximate surface area is 60.8 Å². The molecule has 1 rings (SSSR count). The number of hydrogen-bond acceptors (Lipinski definition) is 4. The van der Waals surface area contributed by atoms with Crippen LogP contribution in [0, 0.1) is 10.1 Å². The van der Waals surface area contributed by atoms with Crippen molar-refractivity contribution >= 4 is 16.3 Å². The lowest BCUT2D eigenvalue weighted by molar-refractivity contribution is -0.742. The zero-order valence-corrected chi connectivity index (χ0v) is 5.75. The van der Waals surface area contributed by atoms with Crippen molar-refractivity contribution in [2.45, 2.75) is 0 Å². The van der Waals surface area contributed by atoms with Crippen LogP contribution in [0.25, 0.3) is 0 Å². The maximum absolute atomic E-state index is 8.36. The first-order valence-corrected chi connectivity index (χ1v) is 3.13. The molecule has 0 saturated heterocycles. The molecule has 56 valence electrons. The Bertz CT molecular complexity index is 182. The second-order valence-electron chi connectivity index (χ2n) is 1.25. The molecule has 10 heavy (non-hydrogen) atoms. The van der Waals surface area contributed by atoms with Crippen molar-refractivity contribution in [2.75, 3.05) is 5.73 Å². The summed E-state index contributed by atoms with van der Waals surface area (Å²) in [5.41, 5.74) is 5.30. The largest absolute Gasteiger partial charge is 0.391 e. The van der Waals surface area contributed by atoms with Crippen LogP contribution in [0.3, 0.4) is 0 Å². The van der Waals surface area contributed by atoms with E-state index in [1.807, 2.05) is 17.5 Å². The van der Waals surface area contributed by atoms with E-state index in [1.165, 1.54) is 0 Å². The normalized spacial score (nSPS) is 7.60. The van der Waals surface area contributed by atoms with Crippen LogP contribution in [0.15, 0.2) is 17.5 Å². The van der Waals surface area contributed by atoms with E-state index in [1.54, 1.807) is 11.3 Å². The summed E-state index contributed by atoms with van der Waals surface area (Å²) < 4.78 is 0. The zero-order valence-electron chi connectivity index (χ0n) is 4.93. The average Bonchev–Trinajstić information content (AvgIpc) is 2.15. The molecule has 1 heterocycles. The summed E-state index contributed by atoms with van der Waals surface area (Å²) in [5, 5.41) is 16.5. The Morgan fingerprint density at radius 2 is 2.30 bits per heavy atom. The molecule has 0 aliphatic carbocycles. The van der Waals surface area contributed by atoms with E-state index < -0.39 is 5.09 Å². The monoisotopic (exact) mass is 162 g/mol. The van der Waals surface area contributed by atoms with Crippen molar-refractivity contribution < 1.29 is 10.3 Å². The van der Waals surface area contributed by atoms with Gasteiger partial charge in [0.15, 0.2) is 0 Å². The summed E-state index contributed by atoms with van der Waals surface area (Å²) in [7, 11) is 0. The van der Waals surface area contributed by atoms with Gasteiger partial charge in [0.05, 0.1) is 5.00 Å². The second-order valence-corrected chi connectivity index (χ2v) is 2.23. The predicted molar refractivity (Wildman–Crippen MR) is 37.5 cm³/mol. The summed E-state index contributed by atoms with van der Waals surface area (Å²) in [6.07, 6.45) is 0. The van der Waals surface area contributed by atoms with Crippen molar-refractivity contribution in [3.05, 3.63) is 27.6 Å². The molecule has 1 aromatic heterocycles. The molecule has 0 aromatic carbocycles. The smallest absolute Gasteiger partial charge is 0.291 e. The summed E-state index contributed by atoms with van der Waals surface area (Å²) >= 11 is 1.56. The molecule has 0 fully saturated rings. The minimum atomic E-state index is -1.50. The van der Waals surface area contributed by atoms with Crippen LogP contribution in [-0.4, -0.2) is 10.3 Å². The highest BCUT2D eigenvalue weighted by atomic mass is 32.1. The average molecular weight is 162 g/mol. The molecule has 5 nitrogen and oxygen atoms in total. The number of rotatable bonds is 0. The predicted octanol–water partition coefficient (Wildman–Crippen LogP) is 0.983. The van der Waals surface area contributed by atoms with Gasteiger partial charge in [0, 0.05) is 0 Å². The number of nitrogens with two attached hydrogens (primary N) is 1. The van der Waals surface area contributed by atoms with Gasteiger partial charge in [0.2, 0.25) is 0 Å². The summed E-state index contributed by atoms with van der Waals surface area (Å²) in [6, 6.07) is 3.81. The summed E-state index contributed by atoms with van der Waals surface area (Å²) in [6.45, 7) is 0. The molecule has 0 spiro atoms. The highest BCUT2D eigenvalue weighted by Crippen LogP contribution is 2.07. The van der Waals surface area contributed by atoms with Crippen LogP contribution in [0.4, 0.5) is 5.00 Å². The Kier molecular flexibility index (Phi) is 3.97. The first kappa shape index (κ1) is 8.70. The van der Waals surface area contributed by atoms with Gasteiger partial charge in [-0.15, -0.1) is 21.5 Å². The molecule has 0 radical (unpaired) electrons. The Morgan fingerprint density at radius 3 is 2.40 bits per heavy atom. The second kappa shape index (κ2) is 4.57. The van der Waals surface area contributed by atoms with Gasteiger partial charge in [-0.25, -0.2) is 0 Å². The van der Waals surface area contributed by atoms with Crippen molar-refractivity contribution in [2.24, 2.45) is 0 Å². The fourth-order valence-electron chi connectivity index (χ4n) is 0.291. The Morgan fingerprint density at radius 1 is 1.80 bits per heavy atom. The van der Waals surface area contributed by atoms with E-state index in [-0.39, 0.29) is 0 Å². The molecule has 0 saturated carbocycles. The Balaban J connectivity index is 0.000000180. The fraction of sp³-hybridized carbons (Fsp3) is 0. The van der Waals surface area contributed by atoms with Crippen molar-refractivity contribution in [1.29, 1.82) is 0 Å². The third-order valence-corrected chi connectivity index (χ3v) is 1.24. The standard InChI is InChI=1S/C4H5NS.HNO3/c5-4-2-1-3-6-4;2-1(3)4/h1-3H,5H2;(H,2,3,4). The molecule has 0 bridgehead atoms. The van der Waals surface area contributed by atoms with Gasteiger partial charge in [-0.3, -0.25) is 0 Å². The topological polar surface area (TPSA) is 89.4 Å². The lowest BCUT2D eigenvalue weighted by atomic mass is 10.6. The van der Waals surface area contributed by atoms with Gasteiger partial charge in [0.25, 0.3) is 5.09 Å². The van der Waals surface area contributed by atoms with Crippen molar-refractivity contribution in [1.82, 2.24) is 0 Å².